The van der Waals surface area contributed by atoms with Crippen LogP contribution < -0.4 is 0 Å². The van der Waals surface area contributed by atoms with Crippen molar-refractivity contribution in [1.82, 2.24) is 0 Å². The van der Waals surface area contributed by atoms with E-state index in [2.05, 4.69) is 11.1 Å². The molecule has 0 unspecified atom stereocenters. The Morgan fingerprint density at radius 1 is 1.50 bits per heavy atom. The molecule has 0 aromatic carbocycles. The van der Waals surface area contributed by atoms with Gasteiger partial charge >= 0.3 is 5.88 Å². The first kappa shape index (κ1) is 12.6. The van der Waals surface area contributed by atoms with Gasteiger partial charge in [-0.3, -0.25) is 10.1 Å². The van der Waals surface area contributed by atoms with Gasteiger partial charge in [-0.25, -0.2) is 4.99 Å². The molecule has 20 heavy (non-hydrogen) atoms. The molecule has 0 fully saturated rings. The van der Waals surface area contributed by atoms with Crippen LogP contribution in [-0.4, -0.2) is 11.1 Å². The van der Waals surface area contributed by atoms with E-state index in [9.17, 15) is 15.4 Å². The number of nitro groups is 1. The van der Waals surface area contributed by atoms with Gasteiger partial charge in [-0.1, -0.05) is 0 Å². The highest BCUT2D eigenvalue weighted by Gasteiger charge is 2.21. The van der Waals surface area contributed by atoms with Crippen LogP contribution in [0.4, 0.5) is 10.9 Å². The van der Waals surface area contributed by atoms with Crippen molar-refractivity contribution in [2.75, 3.05) is 0 Å². The number of furan rings is 1. The van der Waals surface area contributed by atoms with Crippen LogP contribution in [0.1, 0.15) is 28.2 Å². The second-order valence-electron chi connectivity index (χ2n) is 4.34. The van der Waals surface area contributed by atoms with Gasteiger partial charge in [0.1, 0.15) is 16.0 Å². The van der Waals surface area contributed by atoms with Crippen LogP contribution in [-0.2, 0) is 12.8 Å². The van der Waals surface area contributed by atoms with Gasteiger partial charge in [0.05, 0.1) is 17.8 Å². The molecule has 0 spiro atoms. The first-order valence-electron chi connectivity index (χ1n) is 6.02. The van der Waals surface area contributed by atoms with E-state index in [0.29, 0.717) is 16.3 Å². The Labute approximate surface area is 118 Å². The van der Waals surface area contributed by atoms with E-state index in [1.165, 1.54) is 34.6 Å². The summed E-state index contributed by atoms with van der Waals surface area (Å²) in [5.74, 6) is -0.0187. The summed E-state index contributed by atoms with van der Waals surface area (Å²) in [7, 11) is 0. The predicted molar refractivity (Wildman–Crippen MR) is 73.7 cm³/mol. The normalized spacial score (nSPS) is 13.6. The third-order valence-electron chi connectivity index (χ3n) is 3.12. The Bertz CT molecular complexity index is 751. The molecule has 0 bridgehead atoms. The highest BCUT2D eigenvalue weighted by molar-refractivity contribution is 7.16. The molecule has 7 heteroatoms. The van der Waals surface area contributed by atoms with Crippen molar-refractivity contribution in [2.24, 2.45) is 4.99 Å². The molecule has 0 radical (unpaired) electrons. The van der Waals surface area contributed by atoms with Crippen LogP contribution in [0.2, 0.25) is 0 Å². The molecule has 0 atom stereocenters. The fourth-order valence-corrected chi connectivity index (χ4v) is 3.41. The molecular formula is C13H9N3O3S. The largest absolute Gasteiger partial charge is 0.433 e. The van der Waals surface area contributed by atoms with Crippen LogP contribution in [0.15, 0.2) is 21.5 Å². The average molecular weight is 287 g/mol. The van der Waals surface area contributed by atoms with Crippen molar-refractivity contribution in [3.05, 3.63) is 44.0 Å². The number of thiophene rings is 1. The molecule has 0 saturated carbocycles. The maximum atomic E-state index is 10.5. The maximum Gasteiger partial charge on any atom is 0.433 e. The SMILES string of the molecule is N#Cc1c(/N=C/c2ccc([N+](=O)[O-])o2)sc2c1CCC2. The summed E-state index contributed by atoms with van der Waals surface area (Å²) in [6.45, 7) is 0. The highest BCUT2D eigenvalue weighted by atomic mass is 32.1. The number of nitriles is 1. The zero-order valence-electron chi connectivity index (χ0n) is 10.3. The van der Waals surface area contributed by atoms with Crippen molar-refractivity contribution >= 4 is 28.4 Å². The molecule has 2 aromatic heterocycles. The molecule has 2 heterocycles. The van der Waals surface area contributed by atoms with E-state index >= 15 is 0 Å². The lowest BCUT2D eigenvalue weighted by molar-refractivity contribution is -0.402. The minimum Gasteiger partial charge on any atom is -0.400 e. The molecular weight excluding hydrogens is 278 g/mol. The van der Waals surface area contributed by atoms with Gasteiger partial charge in [0, 0.05) is 4.88 Å². The molecule has 2 aromatic rings. The lowest BCUT2D eigenvalue weighted by atomic mass is 10.1. The summed E-state index contributed by atoms with van der Waals surface area (Å²) >= 11 is 1.51. The number of rotatable bonds is 3. The molecule has 1 aliphatic carbocycles. The van der Waals surface area contributed by atoms with E-state index < -0.39 is 4.92 Å². The van der Waals surface area contributed by atoms with Crippen LogP contribution in [0.5, 0.6) is 0 Å². The van der Waals surface area contributed by atoms with Gasteiger partial charge in [-0.15, -0.1) is 11.3 Å². The summed E-state index contributed by atoms with van der Waals surface area (Å²) in [6.07, 6.45) is 4.42. The number of hydrogen-bond acceptors (Lipinski definition) is 6. The summed E-state index contributed by atoms with van der Waals surface area (Å²) in [4.78, 5) is 15.4. The fourth-order valence-electron chi connectivity index (χ4n) is 2.23. The standard InChI is InChI=1S/C13H9N3O3S/c14-6-10-9-2-1-3-11(9)20-13(10)15-7-8-4-5-12(19-8)16(17)18/h4-5,7H,1-3H2/b15-7+. The van der Waals surface area contributed by atoms with Crippen molar-refractivity contribution in [1.29, 1.82) is 5.26 Å². The predicted octanol–water partition coefficient (Wildman–Crippen LogP) is 3.36. The summed E-state index contributed by atoms with van der Waals surface area (Å²) in [6, 6.07) is 4.95. The van der Waals surface area contributed by atoms with Gasteiger partial charge in [0.25, 0.3) is 0 Å². The third-order valence-corrected chi connectivity index (χ3v) is 4.32. The number of nitrogens with zero attached hydrogens (tertiary/aromatic N) is 3. The van der Waals surface area contributed by atoms with Gasteiger partial charge in [0.15, 0.2) is 5.76 Å². The van der Waals surface area contributed by atoms with E-state index in [0.717, 1.165) is 24.8 Å². The Morgan fingerprint density at radius 2 is 2.35 bits per heavy atom. The molecule has 6 nitrogen and oxygen atoms in total. The Balaban J connectivity index is 1.89. The Kier molecular flexibility index (Phi) is 3.08. The van der Waals surface area contributed by atoms with E-state index in [1.54, 1.807) is 0 Å². The highest BCUT2D eigenvalue weighted by Crippen LogP contribution is 2.40. The van der Waals surface area contributed by atoms with Gasteiger partial charge < -0.3 is 4.42 Å². The second-order valence-corrected chi connectivity index (χ2v) is 5.42. The average Bonchev–Trinajstić information content (AvgIpc) is 3.11. The number of aryl methyl sites for hydroxylation is 1. The van der Waals surface area contributed by atoms with Crippen LogP contribution in [0.3, 0.4) is 0 Å². The monoisotopic (exact) mass is 287 g/mol. The van der Waals surface area contributed by atoms with Gasteiger partial charge in [-0.05, 0) is 30.9 Å². The van der Waals surface area contributed by atoms with E-state index in [-0.39, 0.29) is 5.88 Å². The minimum absolute atomic E-state index is 0.300. The Morgan fingerprint density at radius 3 is 3.05 bits per heavy atom. The zero-order valence-corrected chi connectivity index (χ0v) is 11.1. The lowest BCUT2D eigenvalue weighted by Gasteiger charge is -1.91. The van der Waals surface area contributed by atoms with Crippen LogP contribution >= 0.6 is 11.3 Å². The van der Waals surface area contributed by atoms with Crippen molar-refractivity contribution < 1.29 is 9.34 Å². The molecule has 0 amide bonds. The molecule has 0 aliphatic heterocycles. The maximum absolute atomic E-state index is 10.5. The van der Waals surface area contributed by atoms with Crippen molar-refractivity contribution in [3.63, 3.8) is 0 Å². The van der Waals surface area contributed by atoms with Crippen LogP contribution in [0.25, 0.3) is 0 Å². The van der Waals surface area contributed by atoms with Crippen LogP contribution in [0, 0.1) is 21.4 Å². The summed E-state index contributed by atoms with van der Waals surface area (Å²) in [5.41, 5.74) is 1.73. The number of aliphatic imine (C=N–C) groups is 1. The lowest BCUT2D eigenvalue weighted by Crippen LogP contribution is -1.83. The van der Waals surface area contributed by atoms with E-state index in [4.69, 9.17) is 4.42 Å². The van der Waals surface area contributed by atoms with Crippen molar-refractivity contribution in [3.8, 4) is 6.07 Å². The Hall–Kier alpha value is -2.46. The smallest absolute Gasteiger partial charge is 0.400 e. The van der Waals surface area contributed by atoms with Gasteiger partial charge in [0.2, 0.25) is 0 Å². The molecule has 3 rings (SSSR count). The minimum atomic E-state index is -0.599. The first-order chi connectivity index (χ1) is 9.69. The van der Waals surface area contributed by atoms with E-state index in [1.807, 2.05) is 0 Å². The quantitative estimate of drug-likeness (QED) is 0.491. The van der Waals surface area contributed by atoms with Gasteiger partial charge in [-0.2, -0.15) is 5.26 Å². The fraction of sp³-hybridized carbons (Fsp3) is 0.231. The third kappa shape index (κ3) is 2.10. The summed E-state index contributed by atoms with van der Waals surface area (Å²) in [5, 5.41) is 20.4. The second kappa shape index (κ2) is 4.90. The molecule has 1 aliphatic rings. The molecule has 100 valence electrons. The first-order valence-corrected chi connectivity index (χ1v) is 6.83. The molecule has 0 saturated heterocycles. The molecule has 0 N–H and O–H groups in total. The zero-order chi connectivity index (χ0) is 14.1. The van der Waals surface area contributed by atoms with Crippen molar-refractivity contribution in [2.45, 2.75) is 19.3 Å². The number of hydrogen-bond donors (Lipinski definition) is 0. The number of fused-ring (bicyclic) bond motifs is 1. The topological polar surface area (TPSA) is 92.4 Å². The summed E-state index contributed by atoms with van der Waals surface area (Å²) < 4.78 is 4.99.